The average molecular weight is 441 g/mol. The standard InChI is InChI=1S/C23H40N2O4S/c1-6-7-8-9-10-11-12-13-14-15-22(26)29-17-19(18(2)3)30-23-24-20(27-4)16-21(25-23)28-5/h16,18-19H,6-15,17H2,1-5H3. The van der Waals surface area contributed by atoms with E-state index in [0.29, 0.717) is 35.9 Å². The van der Waals surface area contributed by atoms with Crippen LogP contribution in [0.4, 0.5) is 0 Å². The van der Waals surface area contributed by atoms with Crippen LogP contribution in [0.2, 0.25) is 0 Å². The fourth-order valence-corrected chi connectivity index (χ4v) is 3.94. The van der Waals surface area contributed by atoms with E-state index in [1.54, 1.807) is 20.3 Å². The number of carbonyl (C=O) groups is 1. The molecule has 7 heteroatoms. The maximum absolute atomic E-state index is 12.1. The zero-order valence-electron chi connectivity index (χ0n) is 19.4. The molecule has 1 aromatic rings. The minimum Gasteiger partial charge on any atom is -0.481 e. The fraction of sp³-hybridized carbons (Fsp3) is 0.783. The molecule has 1 aromatic heterocycles. The highest BCUT2D eigenvalue weighted by molar-refractivity contribution is 7.99. The summed E-state index contributed by atoms with van der Waals surface area (Å²) in [4.78, 5) is 20.8. The van der Waals surface area contributed by atoms with E-state index in [0.717, 1.165) is 12.8 Å². The quantitative estimate of drug-likeness (QED) is 0.126. The first-order chi connectivity index (χ1) is 14.5. The number of unbranched alkanes of at least 4 members (excludes halogenated alkanes) is 8. The molecule has 0 amide bonds. The highest BCUT2D eigenvalue weighted by Gasteiger charge is 2.20. The van der Waals surface area contributed by atoms with Gasteiger partial charge in [0.25, 0.3) is 0 Å². The van der Waals surface area contributed by atoms with E-state index >= 15 is 0 Å². The van der Waals surface area contributed by atoms with Crippen LogP contribution >= 0.6 is 11.8 Å². The van der Waals surface area contributed by atoms with Crippen molar-refractivity contribution in [3.05, 3.63) is 6.07 Å². The monoisotopic (exact) mass is 440 g/mol. The second kappa shape index (κ2) is 16.2. The van der Waals surface area contributed by atoms with Gasteiger partial charge in [0.15, 0.2) is 5.16 Å². The van der Waals surface area contributed by atoms with Gasteiger partial charge in [-0.25, -0.2) is 0 Å². The predicted molar refractivity (Wildman–Crippen MR) is 122 cm³/mol. The molecule has 172 valence electrons. The van der Waals surface area contributed by atoms with Gasteiger partial charge in [0.05, 0.1) is 20.3 Å². The number of hydrogen-bond acceptors (Lipinski definition) is 7. The van der Waals surface area contributed by atoms with E-state index in [9.17, 15) is 4.79 Å². The van der Waals surface area contributed by atoms with Crippen LogP contribution in [0.25, 0.3) is 0 Å². The molecule has 30 heavy (non-hydrogen) atoms. The normalized spacial score (nSPS) is 12.1. The van der Waals surface area contributed by atoms with Crippen molar-refractivity contribution >= 4 is 17.7 Å². The van der Waals surface area contributed by atoms with Crippen molar-refractivity contribution in [3.8, 4) is 11.8 Å². The minimum atomic E-state index is -0.117. The van der Waals surface area contributed by atoms with Gasteiger partial charge in [-0.2, -0.15) is 9.97 Å². The molecular formula is C23H40N2O4S. The van der Waals surface area contributed by atoms with Crippen LogP contribution in [-0.2, 0) is 9.53 Å². The molecule has 0 aliphatic rings. The summed E-state index contributed by atoms with van der Waals surface area (Å²) in [5, 5.41) is 0.619. The first-order valence-electron chi connectivity index (χ1n) is 11.3. The lowest BCUT2D eigenvalue weighted by molar-refractivity contribution is -0.143. The molecule has 0 fully saturated rings. The van der Waals surface area contributed by atoms with Crippen LogP contribution in [0.1, 0.15) is 85.0 Å². The van der Waals surface area contributed by atoms with Gasteiger partial charge < -0.3 is 14.2 Å². The molecule has 0 saturated carbocycles. The molecule has 0 N–H and O–H groups in total. The number of aromatic nitrogens is 2. The van der Waals surface area contributed by atoms with E-state index in [-0.39, 0.29) is 11.2 Å². The Morgan fingerprint density at radius 3 is 1.97 bits per heavy atom. The molecule has 0 saturated heterocycles. The Morgan fingerprint density at radius 2 is 1.47 bits per heavy atom. The Labute approximate surface area is 186 Å². The van der Waals surface area contributed by atoms with Crippen molar-refractivity contribution in [1.82, 2.24) is 9.97 Å². The van der Waals surface area contributed by atoms with Crippen molar-refractivity contribution in [2.24, 2.45) is 5.92 Å². The highest BCUT2D eigenvalue weighted by atomic mass is 32.2. The highest BCUT2D eigenvalue weighted by Crippen LogP contribution is 2.29. The molecule has 6 nitrogen and oxygen atoms in total. The van der Waals surface area contributed by atoms with E-state index in [1.807, 2.05) is 0 Å². The van der Waals surface area contributed by atoms with Gasteiger partial charge in [-0.1, -0.05) is 83.9 Å². The number of hydrogen-bond donors (Lipinski definition) is 0. The molecule has 0 aliphatic heterocycles. The van der Waals surface area contributed by atoms with Gasteiger partial charge in [-0.3, -0.25) is 4.79 Å². The molecule has 1 atom stereocenters. The second-order valence-corrected chi connectivity index (χ2v) is 9.10. The summed E-state index contributed by atoms with van der Waals surface area (Å²) < 4.78 is 16.0. The van der Waals surface area contributed by atoms with Gasteiger partial charge in [0, 0.05) is 11.7 Å². The zero-order valence-corrected chi connectivity index (χ0v) is 20.3. The molecule has 0 bridgehead atoms. The molecular weight excluding hydrogens is 400 g/mol. The Kier molecular flexibility index (Phi) is 14.4. The van der Waals surface area contributed by atoms with Crippen molar-refractivity contribution in [2.75, 3.05) is 20.8 Å². The van der Waals surface area contributed by atoms with E-state index in [2.05, 4.69) is 30.7 Å². The third kappa shape index (κ3) is 11.6. The third-order valence-corrected chi connectivity index (χ3v) is 6.35. The lowest BCUT2D eigenvalue weighted by Crippen LogP contribution is -2.21. The van der Waals surface area contributed by atoms with Gasteiger partial charge in [-0.15, -0.1) is 0 Å². The van der Waals surface area contributed by atoms with Crippen LogP contribution in [0.15, 0.2) is 11.2 Å². The average Bonchev–Trinajstić information content (AvgIpc) is 2.74. The topological polar surface area (TPSA) is 70.5 Å². The lowest BCUT2D eigenvalue weighted by atomic mass is 10.1. The molecule has 1 rings (SSSR count). The van der Waals surface area contributed by atoms with Gasteiger partial charge in [0.1, 0.15) is 6.61 Å². The maximum atomic E-state index is 12.1. The summed E-state index contributed by atoms with van der Waals surface area (Å²) in [5.41, 5.74) is 0. The first-order valence-corrected chi connectivity index (χ1v) is 12.2. The number of esters is 1. The summed E-state index contributed by atoms with van der Waals surface area (Å²) in [6.45, 7) is 6.79. The second-order valence-electron chi connectivity index (χ2n) is 7.90. The summed E-state index contributed by atoms with van der Waals surface area (Å²) in [5.74, 6) is 1.09. The van der Waals surface area contributed by atoms with Crippen molar-refractivity contribution in [3.63, 3.8) is 0 Å². The van der Waals surface area contributed by atoms with Crippen molar-refractivity contribution in [2.45, 2.75) is 95.4 Å². The molecule has 0 radical (unpaired) electrons. The van der Waals surface area contributed by atoms with Crippen LogP contribution < -0.4 is 9.47 Å². The number of methoxy groups -OCH3 is 2. The Morgan fingerprint density at radius 1 is 0.933 bits per heavy atom. The van der Waals surface area contributed by atoms with Crippen molar-refractivity contribution in [1.29, 1.82) is 0 Å². The van der Waals surface area contributed by atoms with Crippen molar-refractivity contribution < 1.29 is 19.0 Å². The molecule has 1 unspecified atom stereocenters. The number of rotatable bonds is 17. The van der Waals surface area contributed by atoms with E-state index in [1.165, 1.54) is 56.7 Å². The van der Waals surface area contributed by atoms with Crippen LogP contribution in [0.3, 0.4) is 0 Å². The Balaban J connectivity index is 2.31. The molecule has 0 spiro atoms. The first kappa shape index (κ1) is 26.5. The predicted octanol–water partition coefficient (Wildman–Crippen LogP) is 6.07. The van der Waals surface area contributed by atoms with Crippen LogP contribution in [-0.4, -0.2) is 42.0 Å². The Bertz CT molecular complexity index is 576. The third-order valence-electron chi connectivity index (χ3n) is 4.97. The Hall–Kier alpha value is -1.50. The number of ether oxygens (including phenoxy) is 3. The molecule has 0 aromatic carbocycles. The lowest BCUT2D eigenvalue weighted by Gasteiger charge is -2.19. The summed E-state index contributed by atoms with van der Waals surface area (Å²) in [6, 6.07) is 1.64. The van der Waals surface area contributed by atoms with Crippen LogP contribution in [0, 0.1) is 5.92 Å². The maximum Gasteiger partial charge on any atom is 0.305 e. The SMILES string of the molecule is CCCCCCCCCCCC(=O)OCC(Sc1nc(OC)cc(OC)n1)C(C)C. The zero-order chi connectivity index (χ0) is 22.2. The molecule has 0 aliphatic carbocycles. The number of nitrogens with zero attached hydrogens (tertiary/aromatic N) is 2. The smallest absolute Gasteiger partial charge is 0.305 e. The largest absolute Gasteiger partial charge is 0.481 e. The van der Waals surface area contributed by atoms with E-state index < -0.39 is 0 Å². The van der Waals surface area contributed by atoms with Gasteiger partial charge in [-0.05, 0) is 12.3 Å². The summed E-state index contributed by atoms with van der Waals surface area (Å²) in [6.07, 6.45) is 11.6. The van der Waals surface area contributed by atoms with Crippen LogP contribution in [0.5, 0.6) is 11.8 Å². The summed E-state index contributed by atoms with van der Waals surface area (Å²) in [7, 11) is 3.12. The van der Waals surface area contributed by atoms with E-state index in [4.69, 9.17) is 14.2 Å². The van der Waals surface area contributed by atoms with Gasteiger partial charge >= 0.3 is 5.97 Å². The minimum absolute atomic E-state index is 0.0638. The summed E-state index contributed by atoms with van der Waals surface area (Å²) >= 11 is 1.48. The fourth-order valence-electron chi connectivity index (χ4n) is 2.97. The van der Waals surface area contributed by atoms with Gasteiger partial charge in [0.2, 0.25) is 11.8 Å². The molecule has 1 heterocycles. The number of carbonyl (C=O) groups excluding carboxylic acids is 1. The number of thioether (sulfide) groups is 1.